The lowest BCUT2D eigenvalue weighted by Crippen LogP contribution is -2.24. The molecule has 0 aliphatic carbocycles. The number of rotatable bonds is 6. The maximum Gasteiger partial charge on any atom is 0.255 e. The van der Waals surface area contributed by atoms with E-state index in [0.29, 0.717) is 18.0 Å². The highest BCUT2D eigenvalue weighted by Gasteiger charge is 2.10. The van der Waals surface area contributed by atoms with Crippen molar-refractivity contribution in [3.8, 4) is 5.88 Å². The van der Waals surface area contributed by atoms with Gasteiger partial charge in [-0.05, 0) is 24.6 Å². The van der Waals surface area contributed by atoms with Crippen LogP contribution in [0.1, 0.15) is 22.8 Å². The summed E-state index contributed by atoms with van der Waals surface area (Å²) in [5.74, 6) is 0.353. The van der Waals surface area contributed by atoms with E-state index in [2.05, 4.69) is 20.6 Å². The first-order valence-corrected chi connectivity index (χ1v) is 6.69. The predicted molar refractivity (Wildman–Crippen MR) is 80.4 cm³/mol. The van der Waals surface area contributed by atoms with E-state index in [1.807, 2.05) is 13.0 Å². The molecule has 0 radical (unpaired) electrons. The monoisotopic (exact) mass is 286 g/mol. The first-order chi connectivity index (χ1) is 10.2. The zero-order chi connectivity index (χ0) is 15.1. The molecule has 1 amide bonds. The molecule has 0 aliphatic rings. The minimum atomic E-state index is -0.171. The van der Waals surface area contributed by atoms with Gasteiger partial charge in [-0.2, -0.15) is 0 Å². The van der Waals surface area contributed by atoms with Crippen LogP contribution >= 0.6 is 0 Å². The number of aromatic nitrogens is 2. The number of carbonyl (C=O) groups is 1. The average molecular weight is 286 g/mol. The SMILES string of the molecule is CCNc1ccncc1C(=O)NCc1ccnc(OC)c1. The molecule has 0 fully saturated rings. The van der Waals surface area contributed by atoms with E-state index in [4.69, 9.17) is 4.74 Å². The number of carbonyl (C=O) groups excluding carboxylic acids is 1. The Morgan fingerprint density at radius 3 is 2.95 bits per heavy atom. The number of nitrogens with zero attached hydrogens (tertiary/aromatic N) is 2. The molecular weight excluding hydrogens is 268 g/mol. The fraction of sp³-hybridized carbons (Fsp3) is 0.267. The van der Waals surface area contributed by atoms with Crippen molar-refractivity contribution in [3.05, 3.63) is 47.9 Å². The molecular formula is C15H18N4O2. The van der Waals surface area contributed by atoms with Gasteiger partial charge < -0.3 is 15.4 Å². The fourth-order valence-corrected chi connectivity index (χ4v) is 1.87. The number of hydrogen-bond acceptors (Lipinski definition) is 5. The molecule has 0 saturated carbocycles. The van der Waals surface area contributed by atoms with Crippen LogP contribution in [0.4, 0.5) is 5.69 Å². The Labute approximate surface area is 123 Å². The number of hydrogen-bond donors (Lipinski definition) is 2. The predicted octanol–water partition coefficient (Wildman–Crippen LogP) is 1.85. The van der Waals surface area contributed by atoms with Crippen molar-refractivity contribution in [2.45, 2.75) is 13.5 Å². The normalized spacial score (nSPS) is 10.0. The third-order valence-electron chi connectivity index (χ3n) is 2.89. The van der Waals surface area contributed by atoms with Gasteiger partial charge >= 0.3 is 0 Å². The quantitative estimate of drug-likeness (QED) is 0.847. The van der Waals surface area contributed by atoms with Crippen molar-refractivity contribution in [1.29, 1.82) is 0 Å². The molecule has 6 heteroatoms. The van der Waals surface area contributed by atoms with Gasteiger partial charge in [-0.3, -0.25) is 9.78 Å². The summed E-state index contributed by atoms with van der Waals surface area (Å²) >= 11 is 0. The van der Waals surface area contributed by atoms with Gasteiger partial charge in [-0.25, -0.2) is 4.98 Å². The lowest BCUT2D eigenvalue weighted by atomic mass is 10.2. The number of anilines is 1. The summed E-state index contributed by atoms with van der Waals surface area (Å²) in [4.78, 5) is 20.3. The molecule has 0 aliphatic heterocycles. The molecule has 2 aromatic heterocycles. The van der Waals surface area contributed by atoms with E-state index in [1.54, 1.807) is 37.8 Å². The maximum atomic E-state index is 12.2. The molecule has 2 N–H and O–H groups in total. The molecule has 0 aromatic carbocycles. The van der Waals surface area contributed by atoms with Crippen LogP contribution in [-0.4, -0.2) is 29.5 Å². The van der Waals surface area contributed by atoms with Gasteiger partial charge in [0.05, 0.1) is 18.4 Å². The zero-order valence-corrected chi connectivity index (χ0v) is 12.1. The third-order valence-corrected chi connectivity index (χ3v) is 2.89. The largest absolute Gasteiger partial charge is 0.481 e. The molecule has 0 spiro atoms. The summed E-state index contributed by atoms with van der Waals surface area (Å²) < 4.78 is 5.05. The minimum absolute atomic E-state index is 0.171. The molecule has 0 bridgehead atoms. The van der Waals surface area contributed by atoms with Gasteiger partial charge in [0, 0.05) is 37.7 Å². The zero-order valence-electron chi connectivity index (χ0n) is 12.1. The Hall–Kier alpha value is -2.63. The molecule has 2 heterocycles. The van der Waals surface area contributed by atoms with Crippen LogP contribution in [0.15, 0.2) is 36.8 Å². The summed E-state index contributed by atoms with van der Waals surface area (Å²) in [6, 6.07) is 5.40. The van der Waals surface area contributed by atoms with Crippen LogP contribution < -0.4 is 15.4 Å². The van der Waals surface area contributed by atoms with Crippen molar-refractivity contribution < 1.29 is 9.53 Å². The van der Waals surface area contributed by atoms with E-state index < -0.39 is 0 Å². The van der Waals surface area contributed by atoms with Gasteiger partial charge in [-0.15, -0.1) is 0 Å². The second-order valence-electron chi connectivity index (χ2n) is 4.34. The number of ether oxygens (including phenoxy) is 1. The Morgan fingerprint density at radius 2 is 2.19 bits per heavy atom. The maximum absolute atomic E-state index is 12.2. The topological polar surface area (TPSA) is 76.1 Å². The number of nitrogens with one attached hydrogen (secondary N) is 2. The van der Waals surface area contributed by atoms with Gasteiger partial charge in [0.15, 0.2) is 0 Å². The van der Waals surface area contributed by atoms with Crippen LogP contribution in [0.5, 0.6) is 5.88 Å². The molecule has 6 nitrogen and oxygen atoms in total. The van der Waals surface area contributed by atoms with Gasteiger partial charge in [0.25, 0.3) is 5.91 Å². The summed E-state index contributed by atoms with van der Waals surface area (Å²) in [7, 11) is 1.56. The van der Waals surface area contributed by atoms with Crippen LogP contribution in [-0.2, 0) is 6.54 Å². The van der Waals surface area contributed by atoms with Crippen LogP contribution in [0, 0.1) is 0 Å². The number of methoxy groups -OCH3 is 1. The molecule has 110 valence electrons. The van der Waals surface area contributed by atoms with E-state index in [1.165, 1.54) is 0 Å². The highest BCUT2D eigenvalue weighted by molar-refractivity contribution is 5.99. The van der Waals surface area contributed by atoms with Crippen molar-refractivity contribution in [2.75, 3.05) is 19.0 Å². The lowest BCUT2D eigenvalue weighted by Gasteiger charge is -2.10. The van der Waals surface area contributed by atoms with Crippen LogP contribution in [0.25, 0.3) is 0 Å². The summed E-state index contributed by atoms with van der Waals surface area (Å²) in [6.07, 6.45) is 4.86. The number of pyridine rings is 2. The molecule has 21 heavy (non-hydrogen) atoms. The minimum Gasteiger partial charge on any atom is -0.481 e. The fourth-order valence-electron chi connectivity index (χ4n) is 1.87. The van der Waals surface area contributed by atoms with Crippen LogP contribution in [0.2, 0.25) is 0 Å². The number of amides is 1. The molecule has 2 rings (SSSR count). The summed E-state index contributed by atoms with van der Waals surface area (Å²) in [6.45, 7) is 3.12. The second kappa shape index (κ2) is 7.23. The lowest BCUT2D eigenvalue weighted by molar-refractivity contribution is 0.0951. The first-order valence-electron chi connectivity index (χ1n) is 6.69. The molecule has 0 atom stereocenters. The Morgan fingerprint density at radius 1 is 1.33 bits per heavy atom. The first kappa shape index (κ1) is 14.8. The average Bonchev–Trinajstić information content (AvgIpc) is 2.53. The highest BCUT2D eigenvalue weighted by atomic mass is 16.5. The van der Waals surface area contributed by atoms with Crippen molar-refractivity contribution >= 4 is 11.6 Å². The van der Waals surface area contributed by atoms with E-state index in [9.17, 15) is 4.79 Å². The van der Waals surface area contributed by atoms with Gasteiger partial charge in [0.2, 0.25) is 5.88 Å². The Balaban J connectivity index is 2.04. The standard InChI is InChI=1S/C15H18N4O2/c1-3-17-13-5-6-16-10-12(13)15(20)19-9-11-4-7-18-14(8-11)21-2/h4-8,10H,3,9H2,1-2H3,(H,16,17)(H,19,20). The Bertz CT molecular complexity index is 616. The van der Waals surface area contributed by atoms with E-state index in [0.717, 1.165) is 17.8 Å². The summed E-state index contributed by atoms with van der Waals surface area (Å²) in [5, 5.41) is 6.01. The van der Waals surface area contributed by atoms with Crippen molar-refractivity contribution in [3.63, 3.8) is 0 Å². The van der Waals surface area contributed by atoms with Crippen LogP contribution in [0.3, 0.4) is 0 Å². The molecule has 2 aromatic rings. The smallest absolute Gasteiger partial charge is 0.255 e. The molecule has 0 unspecified atom stereocenters. The molecule has 0 saturated heterocycles. The van der Waals surface area contributed by atoms with Crippen molar-refractivity contribution in [2.24, 2.45) is 0 Å². The third kappa shape index (κ3) is 3.92. The van der Waals surface area contributed by atoms with E-state index >= 15 is 0 Å². The van der Waals surface area contributed by atoms with Crippen molar-refractivity contribution in [1.82, 2.24) is 15.3 Å². The summed E-state index contributed by atoms with van der Waals surface area (Å²) in [5.41, 5.74) is 2.22. The Kier molecular flexibility index (Phi) is 5.09. The van der Waals surface area contributed by atoms with Gasteiger partial charge in [-0.1, -0.05) is 0 Å². The highest BCUT2D eigenvalue weighted by Crippen LogP contribution is 2.14. The van der Waals surface area contributed by atoms with Gasteiger partial charge in [0.1, 0.15) is 0 Å². The van der Waals surface area contributed by atoms with E-state index in [-0.39, 0.29) is 5.91 Å². The second-order valence-corrected chi connectivity index (χ2v) is 4.34.